The molecule has 0 spiro atoms. The van der Waals surface area contributed by atoms with Gasteiger partial charge in [0.15, 0.2) is 0 Å². The van der Waals surface area contributed by atoms with Crippen LogP contribution in [-0.2, 0) is 12.8 Å². The van der Waals surface area contributed by atoms with Crippen LogP contribution >= 0.6 is 11.3 Å². The first kappa shape index (κ1) is 14.5. The molecule has 2 aliphatic rings. The number of piperazine rings is 1. The minimum absolute atomic E-state index is 0.569. The van der Waals surface area contributed by atoms with Crippen molar-refractivity contribution in [2.75, 3.05) is 26.2 Å². The molecule has 0 amide bonds. The van der Waals surface area contributed by atoms with Crippen LogP contribution in [0.25, 0.3) is 0 Å². The number of thiazole rings is 1. The van der Waals surface area contributed by atoms with E-state index in [0.29, 0.717) is 6.04 Å². The largest absolute Gasteiger partial charge is 0.314 e. The molecule has 0 radical (unpaired) electrons. The standard InChI is InChI=1S/C16H27N3S/c1-2-6-14(19-11-9-17-10-12-19)16-18-13-7-4-3-5-8-15(13)20-16/h14,17H,2-12H2,1H3. The van der Waals surface area contributed by atoms with Gasteiger partial charge in [0.25, 0.3) is 0 Å². The highest BCUT2D eigenvalue weighted by atomic mass is 32.1. The molecule has 1 N–H and O–H groups in total. The topological polar surface area (TPSA) is 28.2 Å². The maximum Gasteiger partial charge on any atom is 0.110 e. The van der Waals surface area contributed by atoms with Gasteiger partial charge in [-0.15, -0.1) is 11.3 Å². The monoisotopic (exact) mass is 293 g/mol. The maximum absolute atomic E-state index is 5.06. The Bertz CT molecular complexity index is 400. The molecule has 112 valence electrons. The molecular weight excluding hydrogens is 266 g/mol. The van der Waals surface area contributed by atoms with E-state index < -0.39 is 0 Å². The Balaban J connectivity index is 1.79. The van der Waals surface area contributed by atoms with E-state index in [1.807, 2.05) is 11.3 Å². The summed E-state index contributed by atoms with van der Waals surface area (Å²) >= 11 is 2.02. The summed E-state index contributed by atoms with van der Waals surface area (Å²) in [5.41, 5.74) is 1.43. The van der Waals surface area contributed by atoms with Gasteiger partial charge in [-0.25, -0.2) is 4.98 Å². The Labute approximate surface area is 126 Å². The van der Waals surface area contributed by atoms with E-state index in [4.69, 9.17) is 4.98 Å². The third-order valence-corrected chi connectivity index (χ3v) is 5.81. The Morgan fingerprint density at radius 1 is 1.20 bits per heavy atom. The molecule has 0 aromatic carbocycles. The first-order chi connectivity index (χ1) is 9.88. The highest BCUT2D eigenvalue weighted by Gasteiger charge is 2.25. The van der Waals surface area contributed by atoms with E-state index in [2.05, 4.69) is 17.1 Å². The number of aromatic nitrogens is 1. The lowest BCUT2D eigenvalue weighted by Gasteiger charge is -2.33. The molecule has 1 fully saturated rings. The van der Waals surface area contributed by atoms with E-state index >= 15 is 0 Å². The zero-order valence-electron chi connectivity index (χ0n) is 12.7. The quantitative estimate of drug-likeness (QED) is 0.864. The minimum Gasteiger partial charge on any atom is -0.314 e. The molecule has 3 rings (SSSR count). The second kappa shape index (κ2) is 7.01. The number of nitrogens with zero attached hydrogens (tertiary/aromatic N) is 2. The van der Waals surface area contributed by atoms with Crippen molar-refractivity contribution >= 4 is 11.3 Å². The van der Waals surface area contributed by atoms with Crippen molar-refractivity contribution in [1.29, 1.82) is 0 Å². The molecule has 1 atom stereocenters. The average Bonchev–Trinajstić information content (AvgIpc) is 2.76. The second-order valence-electron chi connectivity index (χ2n) is 6.07. The van der Waals surface area contributed by atoms with E-state index in [1.54, 1.807) is 4.88 Å². The van der Waals surface area contributed by atoms with E-state index in [0.717, 1.165) is 13.1 Å². The molecule has 4 heteroatoms. The number of hydrogen-bond donors (Lipinski definition) is 1. The Morgan fingerprint density at radius 3 is 2.80 bits per heavy atom. The minimum atomic E-state index is 0.569. The Kier molecular flexibility index (Phi) is 5.08. The molecule has 1 aliphatic carbocycles. The highest BCUT2D eigenvalue weighted by Crippen LogP contribution is 2.34. The summed E-state index contributed by atoms with van der Waals surface area (Å²) in [6.45, 7) is 6.91. The zero-order valence-corrected chi connectivity index (χ0v) is 13.5. The zero-order chi connectivity index (χ0) is 13.8. The number of rotatable bonds is 4. The second-order valence-corrected chi connectivity index (χ2v) is 7.19. The van der Waals surface area contributed by atoms with Crippen molar-refractivity contribution in [2.45, 2.75) is 57.9 Å². The lowest BCUT2D eigenvalue weighted by atomic mass is 10.1. The van der Waals surface area contributed by atoms with E-state index in [-0.39, 0.29) is 0 Å². The van der Waals surface area contributed by atoms with Gasteiger partial charge >= 0.3 is 0 Å². The molecule has 1 aliphatic heterocycles. The summed E-state index contributed by atoms with van der Waals surface area (Å²) in [7, 11) is 0. The summed E-state index contributed by atoms with van der Waals surface area (Å²) in [6.07, 6.45) is 9.07. The fourth-order valence-corrected chi connectivity index (χ4v) is 4.74. The Morgan fingerprint density at radius 2 is 2.00 bits per heavy atom. The molecule has 0 bridgehead atoms. The van der Waals surface area contributed by atoms with Crippen LogP contribution < -0.4 is 5.32 Å². The fourth-order valence-electron chi connectivity index (χ4n) is 3.42. The summed E-state index contributed by atoms with van der Waals surface area (Å²) in [5, 5.41) is 4.87. The van der Waals surface area contributed by atoms with Crippen LogP contribution in [0.5, 0.6) is 0 Å². The molecule has 20 heavy (non-hydrogen) atoms. The van der Waals surface area contributed by atoms with Gasteiger partial charge in [-0.3, -0.25) is 4.90 Å². The third kappa shape index (κ3) is 3.23. The van der Waals surface area contributed by atoms with Crippen LogP contribution in [0.2, 0.25) is 0 Å². The predicted molar refractivity (Wildman–Crippen MR) is 85.5 cm³/mol. The molecule has 3 nitrogen and oxygen atoms in total. The third-order valence-electron chi connectivity index (χ3n) is 4.55. The van der Waals surface area contributed by atoms with Crippen molar-refractivity contribution in [3.05, 3.63) is 15.6 Å². The number of hydrogen-bond acceptors (Lipinski definition) is 4. The number of nitrogens with one attached hydrogen (secondary N) is 1. The van der Waals surface area contributed by atoms with E-state index in [1.165, 1.54) is 68.7 Å². The van der Waals surface area contributed by atoms with Crippen molar-refractivity contribution in [3.63, 3.8) is 0 Å². The van der Waals surface area contributed by atoms with Gasteiger partial charge in [-0.2, -0.15) is 0 Å². The van der Waals surface area contributed by atoms with Crippen molar-refractivity contribution in [1.82, 2.24) is 15.2 Å². The van der Waals surface area contributed by atoms with Crippen molar-refractivity contribution in [3.8, 4) is 0 Å². The van der Waals surface area contributed by atoms with Crippen LogP contribution in [-0.4, -0.2) is 36.1 Å². The molecule has 1 saturated heterocycles. The van der Waals surface area contributed by atoms with Gasteiger partial charge in [-0.05, 0) is 32.1 Å². The summed E-state index contributed by atoms with van der Waals surface area (Å²) in [6, 6.07) is 0.569. The fraction of sp³-hybridized carbons (Fsp3) is 0.812. The average molecular weight is 293 g/mol. The molecule has 0 saturated carbocycles. The van der Waals surface area contributed by atoms with Crippen molar-refractivity contribution in [2.24, 2.45) is 0 Å². The van der Waals surface area contributed by atoms with Crippen LogP contribution in [0.1, 0.15) is 60.6 Å². The molecule has 1 aromatic rings. The van der Waals surface area contributed by atoms with Gasteiger partial charge in [-0.1, -0.05) is 19.8 Å². The summed E-state index contributed by atoms with van der Waals surface area (Å²) in [5.74, 6) is 0. The van der Waals surface area contributed by atoms with E-state index in [9.17, 15) is 0 Å². The summed E-state index contributed by atoms with van der Waals surface area (Å²) < 4.78 is 0. The molecule has 1 unspecified atom stereocenters. The lowest BCUT2D eigenvalue weighted by molar-refractivity contribution is 0.164. The van der Waals surface area contributed by atoms with Gasteiger partial charge in [0.05, 0.1) is 11.7 Å². The van der Waals surface area contributed by atoms with Gasteiger partial charge < -0.3 is 5.32 Å². The number of aryl methyl sites for hydroxylation is 2. The first-order valence-electron chi connectivity index (χ1n) is 8.31. The van der Waals surface area contributed by atoms with Crippen LogP contribution in [0.4, 0.5) is 0 Å². The predicted octanol–water partition coefficient (Wildman–Crippen LogP) is 3.16. The molecule has 1 aromatic heterocycles. The first-order valence-corrected chi connectivity index (χ1v) is 9.13. The van der Waals surface area contributed by atoms with Gasteiger partial charge in [0, 0.05) is 31.1 Å². The smallest absolute Gasteiger partial charge is 0.110 e. The molecular formula is C16H27N3S. The highest BCUT2D eigenvalue weighted by molar-refractivity contribution is 7.11. The van der Waals surface area contributed by atoms with Crippen LogP contribution in [0.15, 0.2) is 0 Å². The Hall–Kier alpha value is -0.450. The van der Waals surface area contributed by atoms with Crippen LogP contribution in [0, 0.1) is 0 Å². The molecule has 2 heterocycles. The lowest BCUT2D eigenvalue weighted by Crippen LogP contribution is -2.45. The SMILES string of the molecule is CCCC(c1nc2c(s1)CCCCC2)N1CCNCC1. The van der Waals surface area contributed by atoms with Gasteiger partial charge in [0.2, 0.25) is 0 Å². The number of fused-ring (bicyclic) bond motifs is 1. The maximum atomic E-state index is 5.06. The van der Waals surface area contributed by atoms with Gasteiger partial charge in [0.1, 0.15) is 5.01 Å². The normalized spacial score (nSPS) is 22.2. The summed E-state index contributed by atoms with van der Waals surface area (Å²) in [4.78, 5) is 9.30. The van der Waals surface area contributed by atoms with Crippen molar-refractivity contribution < 1.29 is 0 Å². The van der Waals surface area contributed by atoms with Crippen LogP contribution in [0.3, 0.4) is 0 Å².